The predicted molar refractivity (Wildman–Crippen MR) is 81.0 cm³/mol. The van der Waals surface area contributed by atoms with Crippen LogP contribution >= 0.6 is 11.6 Å². The monoisotopic (exact) mass is 321 g/mol. The van der Waals surface area contributed by atoms with Crippen molar-refractivity contribution in [3.63, 3.8) is 0 Å². The summed E-state index contributed by atoms with van der Waals surface area (Å²) in [4.78, 5) is 0.0475. The number of allylic oxidation sites excluding steroid dienone is 1. The van der Waals surface area contributed by atoms with Crippen LogP contribution < -0.4 is 5.48 Å². The van der Waals surface area contributed by atoms with Gasteiger partial charge in [0.2, 0.25) is 0 Å². The maximum Gasteiger partial charge on any atom is 0.317 e. The van der Waals surface area contributed by atoms with E-state index in [2.05, 4.69) is 5.48 Å². The molecule has 6 heteroatoms. The van der Waals surface area contributed by atoms with Crippen molar-refractivity contribution in [3.05, 3.63) is 70.8 Å². The van der Waals surface area contributed by atoms with Crippen molar-refractivity contribution in [2.75, 3.05) is 0 Å². The first-order valence-electron chi connectivity index (χ1n) is 6.30. The molecular formula is C15H12ClNO3S. The summed E-state index contributed by atoms with van der Waals surface area (Å²) in [5.41, 5.74) is 5.27. The van der Waals surface area contributed by atoms with Gasteiger partial charge in [-0.1, -0.05) is 41.9 Å². The van der Waals surface area contributed by atoms with Gasteiger partial charge in [-0.2, -0.15) is 8.42 Å². The minimum Gasteiger partial charge on any atom is -0.249 e. The Bertz CT molecular complexity index is 798. The van der Waals surface area contributed by atoms with E-state index in [4.69, 9.17) is 15.9 Å². The van der Waals surface area contributed by atoms with Gasteiger partial charge in [0.05, 0.1) is 10.6 Å². The summed E-state index contributed by atoms with van der Waals surface area (Å²) >= 11 is 5.74. The topological polar surface area (TPSA) is 55.4 Å². The summed E-state index contributed by atoms with van der Waals surface area (Å²) in [7, 11) is -3.88. The Labute approximate surface area is 128 Å². The molecule has 0 bridgehead atoms. The average Bonchev–Trinajstić information content (AvgIpc) is 2.89. The molecule has 0 fully saturated rings. The zero-order valence-corrected chi connectivity index (χ0v) is 12.5. The normalized spacial score (nSPS) is 13.7. The van der Waals surface area contributed by atoms with E-state index in [1.807, 2.05) is 30.3 Å². The number of benzene rings is 2. The maximum absolute atomic E-state index is 12.1. The summed E-state index contributed by atoms with van der Waals surface area (Å²) in [5.74, 6) is 0. The van der Waals surface area contributed by atoms with Gasteiger partial charge in [0.1, 0.15) is 0 Å². The molecule has 0 unspecified atom stereocenters. The Kier molecular flexibility index (Phi) is 3.71. The van der Waals surface area contributed by atoms with E-state index in [1.165, 1.54) is 24.3 Å². The third-order valence-electron chi connectivity index (χ3n) is 3.20. The summed E-state index contributed by atoms with van der Waals surface area (Å²) in [6.45, 7) is 0. The van der Waals surface area contributed by atoms with Gasteiger partial charge in [0.15, 0.2) is 0 Å². The van der Waals surface area contributed by atoms with Crippen LogP contribution in [0, 0.1) is 0 Å². The van der Waals surface area contributed by atoms with Gasteiger partial charge in [0, 0.05) is 10.6 Å². The second-order valence-electron chi connectivity index (χ2n) is 4.57. The van der Waals surface area contributed by atoms with Gasteiger partial charge in [-0.15, -0.1) is 4.28 Å². The largest absolute Gasteiger partial charge is 0.317 e. The highest BCUT2D eigenvalue weighted by Crippen LogP contribution is 2.25. The number of hydroxylamine groups is 1. The first-order valence-corrected chi connectivity index (χ1v) is 8.08. The molecule has 2 aromatic rings. The van der Waals surface area contributed by atoms with E-state index < -0.39 is 10.1 Å². The summed E-state index contributed by atoms with van der Waals surface area (Å²) < 4.78 is 29.0. The molecular weight excluding hydrogens is 310 g/mol. The van der Waals surface area contributed by atoms with Crippen LogP contribution in [0.15, 0.2) is 59.5 Å². The lowest BCUT2D eigenvalue weighted by molar-refractivity contribution is 0.259. The molecule has 108 valence electrons. The van der Waals surface area contributed by atoms with Crippen molar-refractivity contribution in [1.29, 1.82) is 0 Å². The third-order valence-corrected chi connectivity index (χ3v) is 4.60. The van der Waals surface area contributed by atoms with Crippen molar-refractivity contribution in [3.8, 4) is 0 Å². The van der Waals surface area contributed by atoms with Crippen LogP contribution in [0.4, 0.5) is 0 Å². The number of fused-ring (bicyclic) bond motifs is 1. The summed E-state index contributed by atoms with van der Waals surface area (Å²) in [6.07, 6.45) is 2.64. The Balaban J connectivity index is 1.75. The highest BCUT2D eigenvalue weighted by atomic mass is 35.5. The molecule has 0 aromatic heterocycles. The fraction of sp³-hybridized carbons (Fsp3) is 0.0667. The van der Waals surface area contributed by atoms with Gasteiger partial charge >= 0.3 is 10.1 Å². The van der Waals surface area contributed by atoms with Crippen molar-refractivity contribution in [2.24, 2.45) is 0 Å². The van der Waals surface area contributed by atoms with E-state index in [-0.39, 0.29) is 4.90 Å². The SMILES string of the molecule is O=S(=O)(ONC1=CCc2ccccc21)c1ccc(Cl)cc1. The van der Waals surface area contributed by atoms with Crippen LogP contribution in [-0.4, -0.2) is 8.42 Å². The molecule has 3 rings (SSSR count). The number of hydrogen-bond donors (Lipinski definition) is 1. The number of hydrogen-bond acceptors (Lipinski definition) is 4. The van der Waals surface area contributed by atoms with E-state index in [0.717, 1.165) is 17.5 Å². The molecule has 1 N–H and O–H groups in total. The molecule has 4 nitrogen and oxygen atoms in total. The quantitative estimate of drug-likeness (QED) is 0.879. The van der Waals surface area contributed by atoms with Gasteiger partial charge in [-0.05, 0) is 36.2 Å². The fourth-order valence-corrected chi connectivity index (χ4v) is 3.02. The van der Waals surface area contributed by atoms with E-state index in [0.29, 0.717) is 10.7 Å². The van der Waals surface area contributed by atoms with Crippen molar-refractivity contribution < 1.29 is 12.7 Å². The lowest BCUT2D eigenvalue weighted by Gasteiger charge is -2.09. The second-order valence-corrected chi connectivity index (χ2v) is 6.56. The van der Waals surface area contributed by atoms with Crippen molar-refractivity contribution in [2.45, 2.75) is 11.3 Å². The van der Waals surface area contributed by atoms with Crippen LogP contribution in [0.25, 0.3) is 5.70 Å². The molecule has 0 saturated carbocycles. The molecule has 0 spiro atoms. The van der Waals surface area contributed by atoms with Crippen LogP contribution in [0.2, 0.25) is 5.02 Å². The molecule has 0 atom stereocenters. The van der Waals surface area contributed by atoms with E-state index in [1.54, 1.807) is 0 Å². The number of rotatable bonds is 4. The third kappa shape index (κ3) is 2.95. The van der Waals surface area contributed by atoms with Crippen LogP contribution in [-0.2, 0) is 20.8 Å². The number of halogens is 1. The van der Waals surface area contributed by atoms with Crippen molar-refractivity contribution in [1.82, 2.24) is 5.48 Å². The Morgan fingerprint density at radius 1 is 1.05 bits per heavy atom. The smallest absolute Gasteiger partial charge is 0.249 e. The lowest BCUT2D eigenvalue weighted by Crippen LogP contribution is -2.18. The summed E-state index contributed by atoms with van der Waals surface area (Å²) in [6, 6.07) is 13.6. The molecule has 0 aliphatic heterocycles. The van der Waals surface area contributed by atoms with Crippen LogP contribution in [0.5, 0.6) is 0 Å². The van der Waals surface area contributed by atoms with Gasteiger partial charge in [-0.25, -0.2) is 5.48 Å². The second kappa shape index (κ2) is 5.52. The average molecular weight is 322 g/mol. The molecule has 2 aromatic carbocycles. The molecule has 1 aliphatic rings. The molecule has 0 saturated heterocycles. The lowest BCUT2D eigenvalue weighted by atomic mass is 10.1. The van der Waals surface area contributed by atoms with Gasteiger partial charge < -0.3 is 0 Å². The van der Waals surface area contributed by atoms with Crippen LogP contribution in [0.1, 0.15) is 11.1 Å². The zero-order chi connectivity index (χ0) is 14.9. The molecule has 0 heterocycles. The predicted octanol–water partition coefficient (Wildman–Crippen LogP) is 3.15. The van der Waals surface area contributed by atoms with E-state index in [9.17, 15) is 8.42 Å². The Morgan fingerprint density at radius 3 is 2.52 bits per heavy atom. The highest BCUT2D eigenvalue weighted by molar-refractivity contribution is 7.86. The standard InChI is InChI=1S/C15H12ClNO3S/c16-12-6-8-13(9-7-12)21(18,19)20-17-15-10-5-11-3-1-2-4-14(11)15/h1-4,6-10,17H,5H2. The minimum absolute atomic E-state index is 0.0475. The first kappa shape index (κ1) is 14.1. The maximum atomic E-state index is 12.1. The summed E-state index contributed by atoms with van der Waals surface area (Å²) in [5, 5.41) is 0.467. The van der Waals surface area contributed by atoms with Crippen molar-refractivity contribution >= 4 is 27.4 Å². The Morgan fingerprint density at radius 2 is 1.76 bits per heavy atom. The Hall–Kier alpha value is -1.82. The zero-order valence-electron chi connectivity index (χ0n) is 10.9. The minimum atomic E-state index is -3.88. The molecule has 0 radical (unpaired) electrons. The highest BCUT2D eigenvalue weighted by Gasteiger charge is 2.19. The molecule has 21 heavy (non-hydrogen) atoms. The van der Waals surface area contributed by atoms with Gasteiger partial charge in [0.25, 0.3) is 0 Å². The van der Waals surface area contributed by atoms with Gasteiger partial charge in [-0.3, -0.25) is 0 Å². The van der Waals surface area contributed by atoms with E-state index >= 15 is 0 Å². The number of nitrogens with one attached hydrogen (secondary N) is 1. The first-order chi connectivity index (χ1) is 10.1. The molecule has 0 amide bonds. The fourth-order valence-electron chi connectivity index (χ4n) is 2.13. The van der Waals surface area contributed by atoms with Crippen LogP contribution in [0.3, 0.4) is 0 Å². The molecule has 1 aliphatic carbocycles.